The molecule has 3 aliphatic carbocycles. The fourth-order valence-electron chi connectivity index (χ4n) is 8.39. The number of unbranched alkanes of at least 4 members (excludes halogenated alkanes) is 3. The maximum Gasteiger partial charge on any atom is 0.405 e. The smallest absolute Gasteiger partial charge is 0.405 e. The fourth-order valence-corrected chi connectivity index (χ4v) is 9.74. The molecule has 1 unspecified atom stereocenters. The molecule has 1 aromatic heterocycles. The summed E-state index contributed by atoms with van der Waals surface area (Å²) in [6.07, 6.45) is 13.6. The van der Waals surface area contributed by atoms with Crippen LogP contribution < -0.4 is 25.2 Å². The largest absolute Gasteiger partial charge is 0.497 e. The van der Waals surface area contributed by atoms with Gasteiger partial charge < -0.3 is 30.5 Å². The van der Waals surface area contributed by atoms with E-state index in [9.17, 15) is 36.4 Å². The van der Waals surface area contributed by atoms with Gasteiger partial charge >= 0.3 is 6.09 Å². The van der Waals surface area contributed by atoms with E-state index in [1.54, 1.807) is 35.0 Å². The summed E-state index contributed by atoms with van der Waals surface area (Å²) < 4.78 is 59.4. The number of likely N-dealkylation sites (tertiary alicyclic amines) is 1. The second-order valence-corrected chi connectivity index (χ2v) is 20.1. The summed E-state index contributed by atoms with van der Waals surface area (Å²) in [4.78, 5) is 57.4. The third-order valence-corrected chi connectivity index (χ3v) is 14.1. The first kappa shape index (κ1) is 57.8. The number of nitrogens with two attached hydrogens (primary N) is 1. The molecule has 2 aromatic rings. The predicted octanol–water partition coefficient (Wildman–Crippen LogP) is 9.05. The first-order valence-electron chi connectivity index (χ1n) is 24.1. The Hall–Kier alpha value is -4.35. The lowest BCUT2D eigenvalue weighted by atomic mass is 9.85. The summed E-state index contributed by atoms with van der Waals surface area (Å²) in [7, 11) is -0.253. The molecule has 3 saturated carbocycles. The van der Waals surface area contributed by atoms with E-state index in [4.69, 9.17) is 25.3 Å². The van der Waals surface area contributed by atoms with Gasteiger partial charge in [-0.15, -0.1) is 0 Å². The first-order chi connectivity index (χ1) is 31.3. The Balaban J connectivity index is 0.000000338. The third-order valence-electron chi connectivity index (χ3n) is 12.3. The molecule has 4 amide bonds. The Labute approximate surface area is 392 Å². The van der Waals surface area contributed by atoms with Gasteiger partial charge in [0.25, 0.3) is 0 Å². The van der Waals surface area contributed by atoms with Gasteiger partial charge in [0, 0.05) is 24.4 Å². The van der Waals surface area contributed by atoms with Crippen molar-refractivity contribution in [3.8, 4) is 11.6 Å². The van der Waals surface area contributed by atoms with Gasteiger partial charge in [0.15, 0.2) is 0 Å². The molecule has 1 aromatic carbocycles. The van der Waals surface area contributed by atoms with Crippen LogP contribution in [0.2, 0.25) is 0 Å². The Morgan fingerprint density at radius 2 is 1.55 bits per heavy atom. The molecule has 376 valence electrons. The number of fused-ring (bicyclic) bond motifs is 1. The molecular formula is C48H80F2N6O9S. The third kappa shape index (κ3) is 18.0. The topological polar surface area (TPSA) is 220 Å². The number of nitrogens with one attached hydrogen (secondary N) is 2. The lowest BCUT2D eigenvalue weighted by molar-refractivity contribution is -0.141. The van der Waals surface area contributed by atoms with Crippen LogP contribution >= 0.6 is 0 Å². The molecule has 15 nitrogen and oxygen atoms in total. The van der Waals surface area contributed by atoms with Crippen molar-refractivity contribution >= 4 is 44.9 Å². The SMILES string of the molecule is CC.CC.CCC1CCN(C(=O)[C@@H](NC(=O)O)C(C)(C)C)[C@@H]1C(N)=O.COc1ccc2nc(CCCCCCC3CCCCC3)c(OC)nc2c1.O=C(NS(=O)(=O)C1CC1)[C@H]1C[C@H]1C(F)F. The molecule has 0 spiro atoms. The number of carbonyl (C=O) groups excluding carboxylic acids is 3. The summed E-state index contributed by atoms with van der Waals surface area (Å²) in [5.41, 5.74) is 7.53. The lowest BCUT2D eigenvalue weighted by Crippen LogP contribution is -2.57. The number of benzene rings is 1. The maximum atomic E-state index is 12.7. The van der Waals surface area contributed by atoms with Crippen LogP contribution in [0.3, 0.4) is 0 Å². The van der Waals surface area contributed by atoms with Crippen molar-refractivity contribution in [1.82, 2.24) is 24.9 Å². The molecule has 66 heavy (non-hydrogen) atoms. The van der Waals surface area contributed by atoms with Gasteiger partial charge in [-0.1, -0.05) is 120 Å². The molecule has 0 radical (unpaired) electrons. The molecule has 18 heteroatoms. The zero-order valence-electron chi connectivity index (χ0n) is 41.2. The van der Waals surface area contributed by atoms with E-state index < -0.39 is 68.9 Å². The number of methoxy groups -OCH3 is 2. The summed E-state index contributed by atoms with van der Waals surface area (Å²) in [5.74, 6) is -0.984. The van der Waals surface area contributed by atoms with Crippen molar-refractivity contribution in [1.29, 1.82) is 0 Å². The molecule has 5 atom stereocenters. The van der Waals surface area contributed by atoms with Crippen LogP contribution in [-0.4, -0.2) is 96.7 Å². The van der Waals surface area contributed by atoms with Gasteiger partial charge in [-0.25, -0.2) is 32.0 Å². The van der Waals surface area contributed by atoms with Crippen LogP contribution in [0, 0.1) is 29.1 Å². The van der Waals surface area contributed by atoms with Crippen LogP contribution in [0.1, 0.15) is 157 Å². The van der Waals surface area contributed by atoms with Crippen molar-refractivity contribution < 1.29 is 51.0 Å². The Bertz CT molecular complexity index is 1940. The van der Waals surface area contributed by atoms with E-state index in [0.29, 0.717) is 31.7 Å². The number of alkyl halides is 2. The van der Waals surface area contributed by atoms with Gasteiger partial charge in [-0.05, 0) is 67.9 Å². The van der Waals surface area contributed by atoms with E-state index in [1.165, 1.54) is 62.7 Å². The zero-order valence-corrected chi connectivity index (χ0v) is 42.0. The minimum absolute atomic E-state index is 0.0388. The van der Waals surface area contributed by atoms with E-state index in [-0.39, 0.29) is 18.2 Å². The van der Waals surface area contributed by atoms with Crippen molar-refractivity contribution in [3.05, 3.63) is 23.9 Å². The highest BCUT2D eigenvalue weighted by Gasteiger charge is 2.51. The number of ether oxygens (including phenoxy) is 2. The minimum atomic E-state index is -3.58. The second kappa shape index (κ2) is 28.1. The highest BCUT2D eigenvalue weighted by Crippen LogP contribution is 2.43. The molecule has 1 aliphatic heterocycles. The number of aryl methyl sites for hydroxylation is 1. The molecule has 4 fully saturated rings. The first-order valence-corrected chi connectivity index (χ1v) is 25.7. The number of primary amides is 1. The molecule has 5 N–H and O–H groups in total. The number of sulfonamides is 1. The van der Waals surface area contributed by atoms with Crippen LogP contribution in [0.25, 0.3) is 11.0 Å². The quantitative estimate of drug-likeness (QED) is 0.110. The normalized spacial score (nSPS) is 20.7. The Morgan fingerprint density at radius 1 is 0.909 bits per heavy atom. The van der Waals surface area contributed by atoms with Crippen molar-refractivity contribution in [2.24, 2.45) is 34.8 Å². The number of rotatable bonds is 17. The Kier molecular flexibility index (Phi) is 24.6. The maximum absolute atomic E-state index is 12.7. The van der Waals surface area contributed by atoms with Crippen molar-refractivity contribution in [2.45, 2.75) is 182 Å². The number of hydrogen-bond donors (Lipinski definition) is 4. The zero-order chi connectivity index (χ0) is 49.8. The number of carbonyl (C=O) groups is 4. The number of aromatic nitrogens is 2. The highest BCUT2D eigenvalue weighted by molar-refractivity contribution is 7.90. The standard InChI is InChI=1S/C22H32N2O2.C14H25N3O4.C8H11F2NO3S.2C2H6/c1-25-18-14-15-19-21(16-18)24-22(26-2)20(23-19)13-9-4-3-6-10-17-11-7-5-8-12-17;1-5-8-6-7-17(9(8)11(15)18)12(19)10(14(2,3)4)16-13(20)21;9-7(10)5-3-6(5)8(12)11-15(13,14)4-1-2-4;2*1-2/h14-17H,3-13H2,1-2H3;8-10,16H,5-7H2,1-4H3,(H2,15,18)(H,20,21);4-7H,1-3H2,(H,11,12);2*1-2H3/t;8?,9-,10+;5-,6+;;/m.01../s1. The minimum Gasteiger partial charge on any atom is -0.497 e. The second-order valence-electron chi connectivity index (χ2n) is 18.1. The monoisotopic (exact) mass is 955 g/mol. The molecule has 0 bridgehead atoms. The summed E-state index contributed by atoms with van der Waals surface area (Å²) in [6.45, 7) is 15.7. The van der Waals surface area contributed by atoms with E-state index in [2.05, 4.69) is 10.3 Å². The number of amides is 4. The van der Waals surface area contributed by atoms with Crippen LogP contribution in [-0.2, 0) is 30.8 Å². The van der Waals surface area contributed by atoms with Gasteiger partial charge in [0.2, 0.25) is 40.1 Å². The summed E-state index contributed by atoms with van der Waals surface area (Å²) in [5, 5.41) is 10.7. The van der Waals surface area contributed by atoms with Crippen LogP contribution in [0.4, 0.5) is 13.6 Å². The van der Waals surface area contributed by atoms with Crippen LogP contribution in [0.5, 0.6) is 11.6 Å². The molecule has 2 heterocycles. The number of halogens is 2. The van der Waals surface area contributed by atoms with Gasteiger partial charge in [0.05, 0.1) is 30.5 Å². The van der Waals surface area contributed by atoms with Gasteiger partial charge in [0.1, 0.15) is 23.5 Å². The molecule has 1 saturated heterocycles. The van der Waals surface area contributed by atoms with E-state index in [0.717, 1.165) is 47.7 Å². The van der Waals surface area contributed by atoms with Crippen LogP contribution in [0.15, 0.2) is 18.2 Å². The summed E-state index contributed by atoms with van der Waals surface area (Å²) in [6, 6.07) is 4.24. The molecular weight excluding hydrogens is 875 g/mol. The van der Waals surface area contributed by atoms with Gasteiger partial charge in [-0.2, -0.15) is 0 Å². The molecule has 4 aliphatic rings. The van der Waals surface area contributed by atoms with Crippen molar-refractivity contribution in [2.75, 3.05) is 20.8 Å². The lowest BCUT2D eigenvalue weighted by Gasteiger charge is -2.35. The molecule has 6 rings (SSSR count). The average Bonchev–Trinajstić information content (AvgIpc) is 4.24. The number of carboxylic acid groups (broad SMARTS) is 1. The Morgan fingerprint density at radius 3 is 2.06 bits per heavy atom. The number of hydrogen-bond acceptors (Lipinski definition) is 10. The average molecular weight is 955 g/mol. The highest BCUT2D eigenvalue weighted by atomic mass is 32.2. The van der Waals surface area contributed by atoms with Gasteiger partial charge in [-0.3, -0.25) is 19.1 Å². The number of nitrogens with zero attached hydrogens (tertiary/aromatic N) is 3. The fraction of sp³-hybridized carbons (Fsp3) is 0.750. The predicted molar refractivity (Wildman–Crippen MR) is 254 cm³/mol. The summed E-state index contributed by atoms with van der Waals surface area (Å²) >= 11 is 0. The van der Waals surface area contributed by atoms with Crippen molar-refractivity contribution in [3.63, 3.8) is 0 Å². The van der Waals surface area contributed by atoms with E-state index in [1.807, 2.05) is 57.5 Å². The van der Waals surface area contributed by atoms with E-state index >= 15 is 0 Å².